The summed E-state index contributed by atoms with van der Waals surface area (Å²) in [4.78, 5) is 18.7. The molecule has 6 heteroatoms. The van der Waals surface area contributed by atoms with E-state index in [1.165, 1.54) is 23.0 Å². The Bertz CT molecular complexity index is 851. The highest BCUT2D eigenvalue weighted by atomic mass is 32.2. The van der Waals surface area contributed by atoms with Crippen molar-refractivity contribution in [3.05, 3.63) is 78.6 Å². The van der Waals surface area contributed by atoms with E-state index in [2.05, 4.69) is 51.1 Å². The molecule has 0 atom stereocenters. The molecular formula is C22H26N4OS. The van der Waals surface area contributed by atoms with Gasteiger partial charge in [-0.3, -0.25) is 4.79 Å². The molecule has 0 bridgehead atoms. The van der Waals surface area contributed by atoms with Gasteiger partial charge in [0.15, 0.2) is 5.16 Å². The molecule has 1 N–H and O–H groups in total. The molecule has 0 aliphatic heterocycles. The third-order valence-corrected chi connectivity index (χ3v) is 5.40. The highest BCUT2D eigenvalue weighted by Crippen LogP contribution is 2.17. The average molecular weight is 395 g/mol. The summed E-state index contributed by atoms with van der Waals surface area (Å²) in [5.41, 5.74) is 2.41. The highest BCUT2D eigenvalue weighted by Gasteiger charge is 2.08. The van der Waals surface area contributed by atoms with E-state index in [-0.39, 0.29) is 5.91 Å². The maximum Gasteiger partial charge on any atom is 0.230 e. The van der Waals surface area contributed by atoms with Crippen molar-refractivity contribution in [1.29, 1.82) is 0 Å². The maximum atomic E-state index is 12.1. The number of imidazole rings is 1. The van der Waals surface area contributed by atoms with Crippen molar-refractivity contribution in [3.63, 3.8) is 0 Å². The third-order valence-electron chi connectivity index (χ3n) is 4.39. The third kappa shape index (κ3) is 6.16. The van der Waals surface area contributed by atoms with E-state index in [0.717, 1.165) is 24.7 Å². The van der Waals surface area contributed by atoms with Gasteiger partial charge in [0.05, 0.1) is 5.75 Å². The zero-order valence-corrected chi connectivity index (χ0v) is 16.9. The summed E-state index contributed by atoms with van der Waals surface area (Å²) in [5.74, 6) is 0.418. The first-order chi connectivity index (χ1) is 13.7. The summed E-state index contributed by atoms with van der Waals surface area (Å²) >= 11 is 1.47. The number of nitrogens with one attached hydrogen (secondary N) is 1. The van der Waals surface area contributed by atoms with Crippen molar-refractivity contribution in [2.75, 3.05) is 30.8 Å². The van der Waals surface area contributed by atoms with Crippen molar-refractivity contribution in [2.24, 2.45) is 0 Å². The number of amides is 1. The molecule has 0 saturated heterocycles. The molecule has 0 spiro atoms. The van der Waals surface area contributed by atoms with Crippen LogP contribution in [0.2, 0.25) is 0 Å². The monoisotopic (exact) mass is 394 g/mol. The zero-order valence-electron chi connectivity index (χ0n) is 16.1. The molecule has 2 aromatic carbocycles. The second-order valence-electron chi connectivity index (χ2n) is 6.57. The number of anilines is 1. The fraction of sp³-hybridized carbons (Fsp3) is 0.273. The zero-order chi connectivity index (χ0) is 19.6. The molecule has 3 rings (SSSR count). The Hall–Kier alpha value is -2.73. The lowest BCUT2D eigenvalue weighted by atomic mass is 10.2. The number of aromatic nitrogens is 2. The van der Waals surface area contributed by atoms with Crippen LogP contribution in [0.25, 0.3) is 0 Å². The lowest BCUT2D eigenvalue weighted by Crippen LogP contribution is -2.29. The average Bonchev–Trinajstić information content (AvgIpc) is 3.18. The van der Waals surface area contributed by atoms with E-state index in [0.29, 0.717) is 12.3 Å². The van der Waals surface area contributed by atoms with Crippen LogP contribution in [-0.2, 0) is 11.3 Å². The Morgan fingerprint density at radius 3 is 2.57 bits per heavy atom. The van der Waals surface area contributed by atoms with Crippen LogP contribution in [0.5, 0.6) is 0 Å². The summed E-state index contributed by atoms with van der Waals surface area (Å²) in [7, 11) is 2.07. The first-order valence-electron chi connectivity index (χ1n) is 9.43. The molecule has 28 heavy (non-hydrogen) atoms. The summed E-state index contributed by atoms with van der Waals surface area (Å²) in [6, 6.07) is 20.5. The molecule has 1 amide bonds. The minimum absolute atomic E-state index is 0.0432. The molecule has 0 unspecified atom stereocenters. The molecular weight excluding hydrogens is 368 g/mol. The van der Waals surface area contributed by atoms with Gasteiger partial charge >= 0.3 is 0 Å². The molecule has 0 fully saturated rings. The van der Waals surface area contributed by atoms with E-state index in [1.54, 1.807) is 6.20 Å². The second kappa shape index (κ2) is 10.6. The maximum absolute atomic E-state index is 12.1. The van der Waals surface area contributed by atoms with E-state index in [9.17, 15) is 4.79 Å². The van der Waals surface area contributed by atoms with Crippen molar-refractivity contribution in [1.82, 2.24) is 14.9 Å². The number of rotatable bonds is 10. The van der Waals surface area contributed by atoms with Crippen molar-refractivity contribution in [2.45, 2.75) is 18.1 Å². The van der Waals surface area contributed by atoms with E-state index in [4.69, 9.17) is 0 Å². The Kier molecular flexibility index (Phi) is 7.55. The van der Waals surface area contributed by atoms with E-state index in [1.807, 2.05) is 42.6 Å². The van der Waals surface area contributed by atoms with Gasteiger partial charge in [-0.15, -0.1) is 0 Å². The number of thioether (sulfide) groups is 1. The van der Waals surface area contributed by atoms with Gasteiger partial charge in [-0.2, -0.15) is 0 Å². The lowest BCUT2D eigenvalue weighted by Gasteiger charge is -2.19. The van der Waals surface area contributed by atoms with Crippen LogP contribution in [0.4, 0.5) is 5.69 Å². The molecule has 5 nitrogen and oxygen atoms in total. The number of hydrogen-bond donors (Lipinski definition) is 1. The van der Waals surface area contributed by atoms with Crippen molar-refractivity contribution >= 4 is 23.4 Å². The number of benzene rings is 2. The Morgan fingerprint density at radius 1 is 1.11 bits per heavy atom. The highest BCUT2D eigenvalue weighted by molar-refractivity contribution is 7.99. The van der Waals surface area contributed by atoms with Crippen LogP contribution >= 0.6 is 11.8 Å². The molecule has 0 aliphatic carbocycles. The van der Waals surface area contributed by atoms with Crippen molar-refractivity contribution in [3.8, 4) is 0 Å². The van der Waals surface area contributed by atoms with Gasteiger partial charge in [0.1, 0.15) is 0 Å². The van der Waals surface area contributed by atoms with Crippen molar-refractivity contribution < 1.29 is 4.79 Å². The molecule has 0 saturated carbocycles. The summed E-state index contributed by atoms with van der Waals surface area (Å²) in [6.07, 6.45) is 4.64. The lowest BCUT2D eigenvalue weighted by molar-refractivity contribution is -0.118. The van der Waals surface area contributed by atoms with Gasteiger partial charge in [-0.05, 0) is 24.1 Å². The van der Waals surface area contributed by atoms with Crippen LogP contribution in [0.15, 0.2) is 78.2 Å². The fourth-order valence-electron chi connectivity index (χ4n) is 2.87. The fourth-order valence-corrected chi connectivity index (χ4v) is 3.66. The first kappa shape index (κ1) is 20.0. The van der Waals surface area contributed by atoms with Gasteiger partial charge in [0.25, 0.3) is 0 Å². The summed E-state index contributed by atoms with van der Waals surface area (Å²) in [5, 5.41) is 3.86. The SMILES string of the molecule is CN(CCCNC(=O)CSc1nccn1Cc1ccccc1)c1ccccc1. The van der Waals surface area contributed by atoms with Gasteiger partial charge in [-0.1, -0.05) is 60.3 Å². The van der Waals surface area contributed by atoms with Gasteiger partial charge in [-0.25, -0.2) is 4.98 Å². The number of carbonyl (C=O) groups excluding carboxylic acids is 1. The molecule has 0 aliphatic rings. The second-order valence-corrected chi connectivity index (χ2v) is 7.52. The Balaban J connectivity index is 1.36. The first-order valence-corrected chi connectivity index (χ1v) is 10.4. The number of nitrogens with zero attached hydrogens (tertiary/aromatic N) is 3. The Morgan fingerprint density at radius 2 is 1.82 bits per heavy atom. The normalized spacial score (nSPS) is 10.6. The molecule has 1 aromatic heterocycles. The number of hydrogen-bond acceptors (Lipinski definition) is 4. The van der Waals surface area contributed by atoms with E-state index >= 15 is 0 Å². The predicted molar refractivity (Wildman–Crippen MR) is 116 cm³/mol. The summed E-state index contributed by atoms with van der Waals surface area (Å²) in [6.45, 7) is 2.34. The van der Waals surface area contributed by atoms with Crippen LogP contribution in [0.3, 0.4) is 0 Å². The smallest absolute Gasteiger partial charge is 0.230 e. The van der Waals surface area contributed by atoms with E-state index < -0.39 is 0 Å². The predicted octanol–water partition coefficient (Wildman–Crippen LogP) is 3.67. The van der Waals surface area contributed by atoms with Crippen LogP contribution < -0.4 is 10.2 Å². The minimum atomic E-state index is 0.0432. The van der Waals surface area contributed by atoms with Crippen LogP contribution in [-0.4, -0.2) is 41.3 Å². The number of para-hydroxylation sites is 1. The Labute approximate surface area is 170 Å². The molecule has 146 valence electrons. The van der Waals surface area contributed by atoms with Crippen LogP contribution in [0, 0.1) is 0 Å². The number of carbonyl (C=O) groups is 1. The quantitative estimate of drug-likeness (QED) is 0.421. The van der Waals surface area contributed by atoms with Crippen LogP contribution in [0.1, 0.15) is 12.0 Å². The topological polar surface area (TPSA) is 50.2 Å². The molecule has 0 radical (unpaired) electrons. The van der Waals surface area contributed by atoms with Gasteiger partial charge < -0.3 is 14.8 Å². The largest absolute Gasteiger partial charge is 0.375 e. The molecule has 1 heterocycles. The minimum Gasteiger partial charge on any atom is -0.375 e. The standard InChI is InChI=1S/C22H26N4OS/c1-25(20-11-6-3-7-12-20)15-8-13-23-21(27)18-28-22-24-14-16-26(22)17-19-9-4-2-5-10-19/h2-7,9-12,14,16H,8,13,15,17-18H2,1H3,(H,23,27). The van der Waals surface area contributed by atoms with Gasteiger partial charge in [0.2, 0.25) is 5.91 Å². The molecule has 3 aromatic rings. The van der Waals surface area contributed by atoms with Gasteiger partial charge in [0, 0.05) is 44.8 Å². The summed E-state index contributed by atoms with van der Waals surface area (Å²) < 4.78 is 2.07.